The van der Waals surface area contributed by atoms with Crippen LogP contribution in [0.4, 0.5) is 0 Å². The molecule has 0 aliphatic heterocycles. The van der Waals surface area contributed by atoms with E-state index in [1.165, 1.54) is 37.5 Å². The highest BCUT2D eigenvalue weighted by molar-refractivity contribution is 7.89. The van der Waals surface area contributed by atoms with Crippen LogP contribution in [-0.4, -0.2) is 33.9 Å². The first-order chi connectivity index (χ1) is 12.9. The molecule has 0 aliphatic carbocycles. The lowest BCUT2D eigenvalue weighted by molar-refractivity contribution is 0.0600. The third kappa shape index (κ3) is 5.50. The molecule has 27 heavy (non-hydrogen) atoms. The summed E-state index contributed by atoms with van der Waals surface area (Å²) in [6, 6.07) is 12.4. The lowest BCUT2D eigenvalue weighted by Gasteiger charge is -2.09. The number of carbonyl (C=O) groups is 2. The largest absolute Gasteiger partial charge is 0.465 e. The summed E-state index contributed by atoms with van der Waals surface area (Å²) >= 11 is 0. The molecule has 1 amide bonds. The number of ether oxygens (including phenoxy) is 1. The van der Waals surface area contributed by atoms with E-state index in [4.69, 9.17) is 0 Å². The van der Waals surface area contributed by atoms with Crippen LogP contribution in [0.2, 0.25) is 0 Å². The molecule has 0 atom stereocenters. The third-order valence-corrected chi connectivity index (χ3v) is 5.07. The van der Waals surface area contributed by atoms with Gasteiger partial charge in [-0.25, -0.2) is 17.9 Å². The Hall–Kier alpha value is -2.97. The zero-order valence-corrected chi connectivity index (χ0v) is 15.6. The quantitative estimate of drug-likeness (QED) is 0.531. The van der Waals surface area contributed by atoms with E-state index in [1.807, 2.05) is 0 Å². The highest BCUT2D eigenvalue weighted by atomic mass is 32.2. The van der Waals surface area contributed by atoms with Gasteiger partial charge in [0.25, 0.3) is 5.91 Å². The Morgan fingerprint density at radius 3 is 2.44 bits per heavy atom. The van der Waals surface area contributed by atoms with Gasteiger partial charge in [0.1, 0.15) is 0 Å². The molecule has 142 valence electrons. The van der Waals surface area contributed by atoms with E-state index in [-0.39, 0.29) is 23.5 Å². The molecule has 0 bridgehead atoms. The zero-order chi connectivity index (χ0) is 19.9. The predicted molar refractivity (Wildman–Crippen MR) is 101 cm³/mol. The van der Waals surface area contributed by atoms with E-state index in [9.17, 15) is 18.0 Å². The first kappa shape index (κ1) is 20.3. The standard InChI is InChI=1S/C19H20N2O5S/c1-3-11-21-27(24,25)17-6-4-5-16(12-17)18(22)20-13-14-7-9-15(10-8-14)19(23)26-2/h3-10,12,21H,1,11,13H2,2H3,(H,20,22). The van der Waals surface area contributed by atoms with Crippen molar-refractivity contribution in [3.05, 3.63) is 77.9 Å². The second kappa shape index (κ2) is 9.11. The summed E-state index contributed by atoms with van der Waals surface area (Å²) in [5.41, 5.74) is 1.42. The van der Waals surface area contributed by atoms with Gasteiger partial charge in [0.05, 0.1) is 17.6 Å². The molecule has 0 saturated carbocycles. The Bertz CT molecular complexity index is 937. The fourth-order valence-corrected chi connectivity index (χ4v) is 3.26. The van der Waals surface area contributed by atoms with Crippen LogP contribution in [-0.2, 0) is 21.3 Å². The number of esters is 1. The van der Waals surface area contributed by atoms with Crippen LogP contribution >= 0.6 is 0 Å². The number of carbonyl (C=O) groups excluding carboxylic acids is 2. The van der Waals surface area contributed by atoms with Crippen molar-refractivity contribution in [2.24, 2.45) is 0 Å². The van der Waals surface area contributed by atoms with Crippen molar-refractivity contribution in [3.63, 3.8) is 0 Å². The molecule has 0 aromatic heterocycles. The molecule has 0 spiro atoms. The van der Waals surface area contributed by atoms with E-state index in [0.29, 0.717) is 5.56 Å². The van der Waals surface area contributed by atoms with Crippen molar-refractivity contribution in [1.82, 2.24) is 10.0 Å². The zero-order valence-electron chi connectivity index (χ0n) is 14.8. The van der Waals surface area contributed by atoms with E-state index in [1.54, 1.807) is 24.3 Å². The molecule has 8 heteroatoms. The van der Waals surface area contributed by atoms with Gasteiger partial charge < -0.3 is 10.1 Å². The molecule has 2 rings (SSSR count). The van der Waals surface area contributed by atoms with Gasteiger partial charge >= 0.3 is 5.97 Å². The van der Waals surface area contributed by atoms with Gasteiger partial charge in [-0.2, -0.15) is 0 Å². The molecular weight excluding hydrogens is 368 g/mol. The van der Waals surface area contributed by atoms with Crippen LogP contribution in [0.25, 0.3) is 0 Å². The number of benzene rings is 2. The third-order valence-electron chi connectivity index (χ3n) is 3.65. The molecule has 2 N–H and O–H groups in total. The molecule has 0 heterocycles. The van der Waals surface area contributed by atoms with Crippen molar-refractivity contribution in [2.75, 3.05) is 13.7 Å². The van der Waals surface area contributed by atoms with Crippen molar-refractivity contribution >= 4 is 21.9 Å². The van der Waals surface area contributed by atoms with Crippen molar-refractivity contribution in [2.45, 2.75) is 11.4 Å². The Kier molecular flexibility index (Phi) is 6.86. The van der Waals surface area contributed by atoms with Gasteiger partial charge in [-0.1, -0.05) is 24.3 Å². The smallest absolute Gasteiger partial charge is 0.337 e. The maximum absolute atomic E-state index is 12.3. The fraction of sp³-hybridized carbons (Fsp3) is 0.158. The highest BCUT2D eigenvalue weighted by Crippen LogP contribution is 2.12. The van der Waals surface area contributed by atoms with Crippen LogP contribution in [0.15, 0.2) is 66.1 Å². The summed E-state index contributed by atoms with van der Waals surface area (Å²) in [4.78, 5) is 23.7. The number of nitrogens with one attached hydrogen (secondary N) is 2. The van der Waals surface area contributed by atoms with Crippen LogP contribution in [0.3, 0.4) is 0 Å². The van der Waals surface area contributed by atoms with E-state index >= 15 is 0 Å². The van der Waals surface area contributed by atoms with Crippen LogP contribution < -0.4 is 10.0 Å². The summed E-state index contributed by atoms with van der Waals surface area (Å²) in [7, 11) is -2.40. The Balaban J connectivity index is 2.05. The summed E-state index contributed by atoms with van der Waals surface area (Å²) in [6.45, 7) is 3.79. The predicted octanol–water partition coefficient (Wildman–Crippen LogP) is 1.87. The number of methoxy groups -OCH3 is 1. The monoisotopic (exact) mass is 388 g/mol. The second-order valence-corrected chi connectivity index (χ2v) is 7.31. The molecule has 0 radical (unpaired) electrons. The van der Waals surface area contributed by atoms with Crippen LogP contribution in [0.5, 0.6) is 0 Å². The highest BCUT2D eigenvalue weighted by Gasteiger charge is 2.15. The molecule has 7 nitrogen and oxygen atoms in total. The molecule has 2 aromatic rings. The van der Waals surface area contributed by atoms with Gasteiger partial charge in [-0.3, -0.25) is 4.79 Å². The minimum absolute atomic E-state index is 0.000527. The second-order valence-electron chi connectivity index (χ2n) is 5.54. The summed E-state index contributed by atoms with van der Waals surface area (Å²) in [6.07, 6.45) is 1.43. The number of sulfonamides is 1. The average Bonchev–Trinajstić information content (AvgIpc) is 2.70. The maximum Gasteiger partial charge on any atom is 0.337 e. The normalized spacial score (nSPS) is 10.9. The molecule has 0 fully saturated rings. The first-order valence-corrected chi connectivity index (χ1v) is 9.52. The van der Waals surface area contributed by atoms with Crippen molar-refractivity contribution in [1.29, 1.82) is 0 Å². The number of amides is 1. The van der Waals surface area contributed by atoms with Gasteiger partial charge in [0.15, 0.2) is 0 Å². The van der Waals surface area contributed by atoms with Gasteiger partial charge in [0, 0.05) is 18.7 Å². The van der Waals surface area contributed by atoms with Crippen LogP contribution in [0, 0.1) is 0 Å². The molecule has 2 aromatic carbocycles. The van der Waals surface area contributed by atoms with Gasteiger partial charge in [0.2, 0.25) is 10.0 Å². The first-order valence-electron chi connectivity index (χ1n) is 8.03. The average molecular weight is 388 g/mol. The summed E-state index contributed by atoms with van der Waals surface area (Å²) in [5.74, 6) is -0.846. The molecule has 0 aliphatic rings. The lowest BCUT2D eigenvalue weighted by Crippen LogP contribution is -2.25. The van der Waals surface area contributed by atoms with Crippen LogP contribution in [0.1, 0.15) is 26.3 Å². The Morgan fingerprint density at radius 1 is 1.11 bits per heavy atom. The van der Waals surface area contributed by atoms with Gasteiger partial charge in [-0.15, -0.1) is 6.58 Å². The number of hydrogen-bond donors (Lipinski definition) is 2. The SMILES string of the molecule is C=CCNS(=O)(=O)c1cccc(C(=O)NCc2ccc(C(=O)OC)cc2)c1. The maximum atomic E-state index is 12.3. The van der Waals surface area contributed by atoms with Crippen molar-refractivity contribution < 1.29 is 22.7 Å². The van der Waals surface area contributed by atoms with Gasteiger partial charge in [-0.05, 0) is 35.9 Å². The van der Waals surface area contributed by atoms with Crippen molar-refractivity contribution in [3.8, 4) is 0 Å². The van der Waals surface area contributed by atoms with E-state index < -0.39 is 21.9 Å². The topological polar surface area (TPSA) is 102 Å². The molecule has 0 saturated heterocycles. The summed E-state index contributed by atoms with van der Waals surface area (Å²) in [5, 5.41) is 2.71. The molecular formula is C19H20N2O5S. The minimum atomic E-state index is -3.71. The Morgan fingerprint density at radius 2 is 1.81 bits per heavy atom. The van der Waals surface area contributed by atoms with E-state index in [2.05, 4.69) is 21.4 Å². The Labute approximate surface area is 158 Å². The van der Waals surface area contributed by atoms with E-state index in [0.717, 1.165) is 5.56 Å². The lowest BCUT2D eigenvalue weighted by atomic mass is 10.1. The number of rotatable bonds is 8. The summed E-state index contributed by atoms with van der Waals surface area (Å²) < 4.78 is 31.2. The fourth-order valence-electron chi connectivity index (χ4n) is 2.22. The number of hydrogen-bond acceptors (Lipinski definition) is 5. The minimum Gasteiger partial charge on any atom is -0.465 e. The molecule has 0 unspecified atom stereocenters.